The predicted molar refractivity (Wildman–Crippen MR) is 136 cm³/mol. The number of esters is 3. The summed E-state index contributed by atoms with van der Waals surface area (Å²) in [7, 11) is 0. The number of hydrogen-bond acceptors (Lipinski definition) is 10. The molecular weight excluding hydrogens is 562 g/mol. The molecule has 4 unspecified atom stereocenters. The van der Waals surface area contributed by atoms with E-state index in [1.54, 1.807) is 6.20 Å². The molecule has 200 valence electrons. The minimum atomic E-state index is -1.14. The highest BCUT2D eigenvalue weighted by molar-refractivity contribution is 9.10. The number of rotatable bonds is 8. The van der Waals surface area contributed by atoms with E-state index in [-0.39, 0.29) is 13.2 Å². The fourth-order valence-corrected chi connectivity index (χ4v) is 4.26. The highest BCUT2D eigenvalue weighted by atomic mass is 79.9. The van der Waals surface area contributed by atoms with Gasteiger partial charge in [0, 0.05) is 25.2 Å². The van der Waals surface area contributed by atoms with Crippen LogP contribution in [0, 0.1) is 0 Å². The van der Waals surface area contributed by atoms with Crippen molar-refractivity contribution >= 4 is 33.8 Å². The zero-order valence-corrected chi connectivity index (χ0v) is 22.5. The van der Waals surface area contributed by atoms with Crippen LogP contribution >= 0.6 is 15.9 Å². The van der Waals surface area contributed by atoms with E-state index in [9.17, 15) is 14.4 Å². The predicted octanol–water partition coefficient (Wildman–Crippen LogP) is 3.61. The lowest BCUT2D eigenvalue weighted by Gasteiger charge is -2.40. The fraction of sp³-hybridized carbons (Fsp3) is 0.346. The Morgan fingerprint density at radius 1 is 0.895 bits per heavy atom. The summed E-state index contributed by atoms with van der Waals surface area (Å²) in [5, 5.41) is 8.21. The van der Waals surface area contributed by atoms with Gasteiger partial charge in [0.15, 0.2) is 24.5 Å². The standard InChI is InChI=1S/C26H26BrN3O8/c1-15(31)36-23-14-35-26(25(38-17(3)33)24(23)37-16(2)32)30-12-21(28-29-30)13-34-22-10-6-19(7-11-22)18-4-8-20(27)9-5-18/h4-12,23-26H,13-14H2,1-3H3. The molecule has 2 aromatic carbocycles. The summed E-state index contributed by atoms with van der Waals surface area (Å²) >= 11 is 3.44. The zero-order valence-electron chi connectivity index (χ0n) is 20.9. The van der Waals surface area contributed by atoms with Crippen LogP contribution in [0.4, 0.5) is 0 Å². The van der Waals surface area contributed by atoms with Gasteiger partial charge < -0.3 is 23.7 Å². The smallest absolute Gasteiger partial charge is 0.303 e. The molecule has 0 N–H and O–H groups in total. The third kappa shape index (κ3) is 6.95. The van der Waals surface area contributed by atoms with E-state index in [0.717, 1.165) is 15.6 Å². The largest absolute Gasteiger partial charge is 0.487 e. The highest BCUT2D eigenvalue weighted by Crippen LogP contribution is 2.30. The van der Waals surface area contributed by atoms with E-state index in [0.29, 0.717) is 11.4 Å². The third-order valence-electron chi connectivity index (χ3n) is 5.56. The molecule has 0 radical (unpaired) electrons. The molecule has 3 aromatic rings. The van der Waals surface area contributed by atoms with Gasteiger partial charge in [0.05, 0.1) is 12.8 Å². The number of nitrogens with zero attached hydrogens (tertiary/aromatic N) is 3. The Bertz CT molecular complexity index is 1280. The van der Waals surface area contributed by atoms with Crippen molar-refractivity contribution in [2.24, 2.45) is 0 Å². The number of ether oxygens (including phenoxy) is 5. The Morgan fingerprint density at radius 2 is 1.47 bits per heavy atom. The molecule has 0 amide bonds. The van der Waals surface area contributed by atoms with Gasteiger partial charge in [0.1, 0.15) is 18.1 Å². The van der Waals surface area contributed by atoms with Gasteiger partial charge in [-0.25, -0.2) is 4.68 Å². The molecule has 0 spiro atoms. The molecule has 0 aliphatic carbocycles. The maximum Gasteiger partial charge on any atom is 0.303 e. The van der Waals surface area contributed by atoms with Gasteiger partial charge in [0.2, 0.25) is 0 Å². The lowest BCUT2D eigenvalue weighted by atomic mass is 10.0. The van der Waals surface area contributed by atoms with Crippen molar-refractivity contribution in [2.75, 3.05) is 6.61 Å². The lowest BCUT2D eigenvalue weighted by molar-refractivity contribution is -0.241. The first-order chi connectivity index (χ1) is 18.2. The molecule has 1 aromatic heterocycles. The molecule has 1 aliphatic heterocycles. The Balaban J connectivity index is 1.45. The van der Waals surface area contributed by atoms with Crippen molar-refractivity contribution in [1.29, 1.82) is 0 Å². The Labute approximate surface area is 227 Å². The first-order valence-electron chi connectivity index (χ1n) is 11.7. The summed E-state index contributed by atoms with van der Waals surface area (Å²) in [6.45, 7) is 3.63. The lowest BCUT2D eigenvalue weighted by Crippen LogP contribution is -2.55. The molecular formula is C26H26BrN3O8. The van der Waals surface area contributed by atoms with Gasteiger partial charge in [-0.2, -0.15) is 0 Å². The summed E-state index contributed by atoms with van der Waals surface area (Å²) in [6.07, 6.45) is -2.62. The number of benzene rings is 2. The van der Waals surface area contributed by atoms with Gasteiger partial charge in [-0.3, -0.25) is 14.4 Å². The van der Waals surface area contributed by atoms with Crippen molar-refractivity contribution in [2.45, 2.75) is 51.9 Å². The minimum absolute atomic E-state index is 0.115. The minimum Gasteiger partial charge on any atom is -0.487 e. The molecule has 12 heteroatoms. The number of carbonyl (C=O) groups is 3. The summed E-state index contributed by atoms with van der Waals surface area (Å²) in [5.74, 6) is -1.23. The second kappa shape index (κ2) is 12.2. The van der Waals surface area contributed by atoms with E-state index in [2.05, 4.69) is 26.2 Å². The average Bonchev–Trinajstić information content (AvgIpc) is 3.33. The summed E-state index contributed by atoms with van der Waals surface area (Å²) < 4.78 is 30.1. The van der Waals surface area contributed by atoms with Gasteiger partial charge in [-0.1, -0.05) is 45.4 Å². The van der Waals surface area contributed by atoms with Crippen LogP contribution in [-0.2, 0) is 39.9 Å². The molecule has 11 nitrogen and oxygen atoms in total. The molecule has 1 saturated heterocycles. The van der Waals surface area contributed by atoms with Crippen molar-refractivity contribution in [1.82, 2.24) is 15.0 Å². The molecule has 2 heterocycles. The number of aromatic nitrogens is 3. The van der Waals surface area contributed by atoms with Crippen LogP contribution in [0.15, 0.2) is 59.2 Å². The van der Waals surface area contributed by atoms with Crippen molar-refractivity contribution in [3.63, 3.8) is 0 Å². The highest BCUT2D eigenvalue weighted by Gasteiger charge is 2.48. The average molecular weight is 588 g/mol. The monoisotopic (exact) mass is 587 g/mol. The van der Waals surface area contributed by atoms with Crippen molar-refractivity contribution < 1.29 is 38.1 Å². The first kappa shape index (κ1) is 27.3. The van der Waals surface area contributed by atoms with Crippen molar-refractivity contribution in [3.05, 3.63) is 64.9 Å². The van der Waals surface area contributed by atoms with Crippen molar-refractivity contribution in [3.8, 4) is 16.9 Å². The number of carbonyl (C=O) groups excluding carboxylic acids is 3. The Morgan fingerprint density at radius 3 is 2.08 bits per heavy atom. The molecule has 4 atom stereocenters. The van der Waals surface area contributed by atoms with E-state index >= 15 is 0 Å². The second-order valence-electron chi connectivity index (χ2n) is 8.53. The van der Waals surface area contributed by atoms with Gasteiger partial charge in [0.25, 0.3) is 0 Å². The molecule has 38 heavy (non-hydrogen) atoms. The molecule has 0 bridgehead atoms. The first-order valence-corrected chi connectivity index (χ1v) is 12.5. The van der Waals surface area contributed by atoms with Crippen LogP contribution in [-0.4, -0.2) is 57.8 Å². The van der Waals surface area contributed by atoms with E-state index in [1.165, 1.54) is 25.5 Å². The zero-order chi connectivity index (χ0) is 27.2. The number of hydrogen-bond donors (Lipinski definition) is 0. The summed E-state index contributed by atoms with van der Waals surface area (Å²) in [6, 6.07) is 15.7. The van der Waals surface area contributed by atoms with Crippen LogP contribution in [0.2, 0.25) is 0 Å². The maximum absolute atomic E-state index is 11.8. The molecule has 1 fully saturated rings. The molecule has 4 rings (SSSR count). The van der Waals surface area contributed by atoms with Crippen LogP contribution in [0.5, 0.6) is 5.75 Å². The van der Waals surface area contributed by atoms with Crippen LogP contribution in [0.1, 0.15) is 32.7 Å². The SMILES string of the molecule is CC(=O)OC1COC(n2cc(COc3ccc(-c4ccc(Br)cc4)cc3)nn2)C(OC(C)=O)C1OC(C)=O. The quantitative estimate of drug-likeness (QED) is 0.284. The molecule has 1 aliphatic rings. The van der Waals surface area contributed by atoms with E-state index in [1.807, 2.05) is 48.5 Å². The second-order valence-corrected chi connectivity index (χ2v) is 9.45. The Kier molecular flexibility index (Phi) is 8.74. The van der Waals surface area contributed by atoms with Gasteiger partial charge in [-0.15, -0.1) is 5.10 Å². The Hall–Kier alpha value is -3.77. The summed E-state index contributed by atoms with van der Waals surface area (Å²) in [5.41, 5.74) is 2.62. The maximum atomic E-state index is 11.8. The normalized spacial score (nSPS) is 20.8. The third-order valence-corrected chi connectivity index (χ3v) is 6.09. The van der Waals surface area contributed by atoms with Crippen LogP contribution < -0.4 is 4.74 Å². The molecule has 0 saturated carbocycles. The van der Waals surface area contributed by atoms with Crippen LogP contribution in [0.25, 0.3) is 11.1 Å². The van der Waals surface area contributed by atoms with Crippen LogP contribution in [0.3, 0.4) is 0 Å². The van der Waals surface area contributed by atoms with E-state index in [4.69, 9.17) is 23.7 Å². The summed E-state index contributed by atoms with van der Waals surface area (Å²) in [4.78, 5) is 35.2. The van der Waals surface area contributed by atoms with Gasteiger partial charge in [-0.05, 0) is 35.4 Å². The topological polar surface area (TPSA) is 128 Å². The fourth-order valence-electron chi connectivity index (χ4n) is 4.00. The number of halogens is 1. The van der Waals surface area contributed by atoms with E-state index < -0.39 is 42.4 Å². The van der Waals surface area contributed by atoms with Gasteiger partial charge >= 0.3 is 17.9 Å².